The van der Waals surface area contributed by atoms with E-state index in [1.807, 2.05) is 0 Å². The van der Waals surface area contributed by atoms with E-state index in [1.54, 1.807) is 6.92 Å². The van der Waals surface area contributed by atoms with Crippen molar-refractivity contribution in [2.24, 2.45) is 0 Å². The Hall–Kier alpha value is -1.29. The van der Waals surface area contributed by atoms with Crippen LogP contribution in [0.15, 0.2) is 10.5 Å². The number of carbonyl (C=O) groups is 1. The first-order valence-electron chi connectivity index (χ1n) is 6.05. The molecule has 0 aliphatic rings. The van der Waals surface area contributed by atoms with Crippen molar-refractivity contribution in [3.63, 3.8) is 0 Å². The average Bonchev–Trinajstić information content (AvgIpc) is 2.65. The van der Waals surface area contributed by atoms with Gasteiger partial charge in [-0.3, -0.25) is 0 Å². The lowest BCUT2D eigenvalue weighted by molar-refractivity contribution is 0.0695. The van der Waals surface area contributed by atoms with Crippen molar-refractivity contribution in [3.05, 3.63) is 23.2 Å². The summed E-state index contributed by atoms with van der Waals surface area (Å²) in [5.41, 5.74) is 0.217. The van der Waals surface area contributed by atoms with Crippen LogP contribution in [0.25, 0.3) is 0 Å². The number of carboxylic acid groups (broad SMARTS) is 1. The van der Waals surface area contributed by atoms with Gasteiger partial charge in [-0.1, -0.05) is 26.2 Å². The fourth-order valence-electron chi connectivity index (χ4n) is 1.63. The highest BCUT2D eigenvalue weighted by atomic mass is 16.5. The van der Waals surface area contributed by atoms with Crippen LogP contribution in [0.5, 0.6) is 0 Å². The molecule has 0 aromatic carbocycles. The molecule has 1 N–H and O–H groups in total. The lowest BCUT2D eigenvalue weighted by atomic mass is 10.2. The van der Waals surface area contributed by atoms with Gasteiger partial charge >= 0.3 is 5.97 Å². The summed E-state index contributed by atoms with van der Waals surface area (Å²) >= 11 is 0. The van der Waals surface area contributed by atoms with Crippen molar-refractivity contribution in [2.45, 2.75) is 46.1 Å². The predicted octanol–water partition coefficient (Wildman–Crippen LogP) is 3.38. The van der Waals surface area contributed by atoms with E-state index in [-0.39, 0.29) is 5.56 Å². The average molecular weight is 240 g/mol. The standard InChI is InChI=1S/C13H20O4/c1-3-4-5-6-7-16-9-11-8-12(13(14)15)10(2)17-11/h8H,3-7,9H2,1-2H3,(H,14,15). The van der Waals surface area contributed by atoms with E-state index in [0.29, 0.717) is 24.7 Å². The molecule has 1 rings (SSSR count). The highest BCUT2D eigenvalue weighted by molar-refractivity contribution is 5.88. The van der Waals surface area contributed by atoms with Gasteiger partial charge in [0.2, 0.25) is 0 Å². The van der Waals surface area contributed by atoms with Crippen LogP contribution in [-0.4, -0.2) is 17.7 Å². The van der Waals surface area contributed by atoms with Crippen molar-refractivity contribution < 1.29 is 19.1 Å². The van der Waals surface area contributed by atoms with Crippen LogP contribution in [-0.2, 0) is 11.3 Å². The molecule has 4 heteroatoms. The molecule has 1 aromatic rings. The summed E-state index contributed by atoms with van der Waals surface area (Å²) < 4.78 is 10.7. The van der Waals surface area contributed by atoms with Gasteiger partial charge in [-0.15, -0.1) is 0 Å². The van der Waals surface area contributed by atoms with Gasteiger partial charge in [0.1, 0.15) is 23.7 Å². The summed E-state index contributed by atoms with van der Waals surface area (Å²) in [7, 11) is 0. The van der Waals surface area contributed by atoms with Crippen LogP contribution >= 0.6 is 0 Å². The Balaban J connectivity index is 2.27. The summed E-state index contributed by atoms with van der Waals surface area (Å²) in [6, 6.07) is 1.53. The van der Waals surface area contributed by atoms with Crippen molar-refractivity contribution in [1.82, 2.24) is 0 Å². The molecule has 0 aliphatic carbocycles. The monoisotopic (exact) mass is 240 g/mol. The number of aromatic carboxylic acids is 1. The van der Waals surface area contributed by atoms with Gasteiger partial charge in [-0.05, 0) is 19.4 Å². The third-order valence-electron chi connectivity index (χ3n) is 2.59. The molecule has 0 bridgehead atoms. The topological polar surface area (TPSA) is 59.7 Å². The maximum absolute atomic E-state index is 10.8. The Bertz CT molecular complexity index is 354. The van der Waals surface area contributed by atoms with Crippen LogP contribution in [0.3, 0.4) is 0 Å². The smallest absolute Gasteiger partial charge is 0.339 e. The van der Waals surface area contributed by atoms with Gasteiger partial charge < -0.3 is 14.3 Å². The zero-order chi connectivity index (χ0) is 12.7. The first-order valence-corrected chi connectivity index (χ1v) is 6.05. The fourth-order valence-corrected chi connectivity index (χ4v) is 1.63. The van der Waals surface area contributed by atoms with Crippen molar-refractivity contribution in [3.8, 4) is 0 Å². The van der Waals surface area contributed by atoms with E-state index in [2.05, 4.69) is 6.92 Å². The SMILES string of the molecule is CCCCCCOCc1cc(C(=O)O)c(C)o1. The molecule has 0 radical (unpaired) electrons. The third kappa shape index (κ3) is 4.61. The molecule has 0 unspecified atom stereocenters. The number of carboxylic acids is 1. The van der Waals surface area contributed by atoms with Crippen molar-refractivity contribution in [2.75, 3.05) is 6.61 Å². The van der Waals surface area contributed by atoms with E-state index in [0.717, 1.165) is 6.42 Å². The zero-order valence-electron chi connectivity index (χ0n) is 10.5. The highest BCUT2D eigenvalue weighted by Gasteiger charge is 2.13. The summed E-state index contributed by atoms with van der Waals surface area (Å²) in [5, 5.41) is 8.85. The molecule has 0 saturated heterocycles. The Morgan fingerprint density at radius 1 is 1.41 bits per heavy atom. The summed E-state index contributed by atoms with van der Waals surface area (Å²) in [5.74, 6) is 0.0536. The molecule has 0 fully saturated rings. The van der Waals surface area contributed by atoms with Gasteiger partial charge in [-0.2, -0.15) is 0 Å². The first kappa shape index (κ1) is 13.8. The number of hydrogen-bond acceptors (Lipinski definition) is 3. The molecular weight excluding hydrogens is 220 g/mol. The predicted molar refractivity (Wildman–Crippen MR) is 64.2 cm³/mol. The fraction of sp³-hybridized carbons (Fsp3) is 0.615. The highest BCUT2D eigenvalue weighted by Crippen LogP contribution is 2.15. The number of hydrogen-bond donors (Lipinski definition) is 1. The maximum Gasteiger partial charge on any atom is 0.339 e. The van der Waals surface area contributed by atoms with Crippen LogP contribution < -0.4 is 0 Å². The van der Waals surface area contributed by atoms with E-state index in [1.165, 1.54) is 25.3 Å². The molecule has 4 nitrogen and oxygen atoms in total. The van der Waals surface area contributed by atoms with Crippen LogP contribution in [0.4, 0.5) is 0 Å². The minimum Gasteiger partial charge on any atom is -0.478 e. The Labute approximate surface area is 102 Å². The van der Waals surface area contributed by atoms with E-state index >= 15 is 0 Å². The minimum absolute atomic E-state index is 0.217. The Morgan fingerprint density at radius 2 is 2.18 bits per heavy atom. The van der Waals surface area contributed by atoms with E-state index in [9.17, 15) is 4.79 Å². The largest absolute Gasteiger partial charge is 0.478 e. The third-order valence-corrected chi connectivity index (χ3v) is 2.59. The Kier molecular flexibility index (Phi) is 5.77. The second kappa shape index (κ2) is 7.12. The second-order valence-corrected chi connectivity index (χ2v) is 4.10. The molecule has 17 heavy (non-hydrogen) atoms. The number of furan rings is 1. The normalized spacial score (nSPS) is 10.7. The molecule has 0 atom stereocenters. The molecule has 1 aromatic heterocycles. The van der Waals surface area contributed by atoms with Crippen LogP contribution in [0, 0.1) is 6.92 Å². The maximum atomic E-state index is 10.8. The lowest BCUT2D eigenvalue weighted by Crippen LogP contribution is -1.96. The van der Waals surface area contributed by atoms with Gasteiger partial charge in [-0.25, -0.2) is 4.79 Å². The minimum atomic E-state index is -0.958. The molecule has 0 spiro atoms. The van der Waals surface area contributed by atoms with Crippen LogP contribution in [0.1, 0.15) is 54.5 Å². The number of rotatable bonds is 8. The molecule has 0 aliphatic heterocycles. The summed E-state index contributed by atoms with van der Waals surface area (Å²) in [4.78, 5) is 10.8. The molecular formula is C13H20O4. The van der Waals surface area contributed by atoms with E-state index in [4.69, 9.17) is 14.3 Å². The lowest BCUT2D eigenvalue weighted by Gasteiger charge is -2.01. The molecule has 1 heterocycles. The van der Waals surface area contributed by atoms with Crippen molar-refractivity contribution in [1.29, 1.82) is 0 Å². The van der Waals surface area contributed by atoms with Crippen LogP contribution in [0.2, 0.25) is 0 Å². The summed E-state index contributed by atoms with van der Waals surface area (Å²) in [6.07, 6.45) is 4.65. The molecule has 96 valence electrons. The Morgan fingerprint density at radius 3 is 2.76 bits per heavy atom. The quantitative estimate of drug-likeness (QED) is 0.707. The van der Waals surface area contributed by atoms with Crippen molar-refractivity contribution >= 4 is 5.97 Å². The van der Waals surface area contributed by atoms with Gasteiger partial charge in [0.15, 0.2) is 0 Å². The zero-order valence-corrected chi connectivity index (χ0v) is 10.5. The molecule has 0 amide bonds. The number of aryl methyl sites for hydroxylation is 1. The number of ether oxygens (including phenoxy) is 1. The summed E-state index contributed by atoms with van der Waals surface area (Å²) in [6.45, 7) is 4.86. The second-order valence-electron chi connectivity index (χ2n) is 4.10. The van der Waals surface area contributed by atoms with Gasteiger partial charge in [0.05, 0.1) is 0 Å². The van der Waals surface area contributed by atoms with E-state index < -0.39 is 5.97 Å². The first-order chi connectivity index (χ1) is 8.15. The number of unbranched alkanes of at least 4 members (excludes halogenated alkanes) is 3. The van der Waals surface area contributed by atoms with Gasteiger partial charge in [0.25, 0.3) is 0 Å². The molecule has 0 saturated carbocycles. The van der Waals surface area contributed by atoms with Gasteiger partial charge in [0, 0.05) is 6.61 Å².